The lowest BCUT2D eigenvalue weighted by Crippen LogP contribution is -1.94. The zero-order valence-electron chi connectivity index (χ0n) is 9.58. The molecule has 0 aliphatic rings. The second-order valence-corrected chi connectivity index (χ2v) is 3.60. The SMILES string of the molecule is COc1cccc(-c2cccc(F)c2C#N)c1F. The molecule has 0 saturated carbocycles. The van der Waals surface area contributed by atoms with Gasteiger partial charge in [0.25, 0.3) is 0 Å². The zero-order chi connectivity index (χ0) is 13.1. The van der Waals surface area contributed by atoms with E-state index >= 15 is 0 Å². The van der Waals surface area contributed by atoms with Gasteiger partial charge in [-0.2, -0.15) is 5.26 Å². The Morgan fingerprint density at radius 2 is 1.72 bits per heavy atom. The summed E-state index contributed by atoms with van der Waals surface area (Å²) in [5.41, 5.74) is 0.184. The van der Waals surface area contributed by atoms with E-state index in [0.29, 0.717) is 0 Å². The second kappa shape index (κ2) is 4.84. The fraction of sp³-hybridized carbons (Fsp3) is 0.0714. The molecule has 4 heteroatoms. The first-order valence-electron chi connectivity index (χ1n) is 5.20. The average molecular weight is 245 g/mol. The van der Waals surface area contributed by atoms with Gasteiger partial charge in [-0.15, -0.1) is 0 Å². The summed E-state index contributed by atoms with van der Waals surface area (Å²) < 4.78 is 32.4. The largest absolute Gasteiger partial charge is 0.494 e. The van der Waals surface area contributed by atoms with Gasteiger partial charge in [-0.25, -0.2) is 8.78 Å². The lowest BCUT2D eigenvalue weighted by Gasteiger charge is -2.09. The monoisotopic (exact) mass is 245 g/mol. The Balaban J connectivity index is 2.71. The standard InChI is InChI=1S/C14H9F2NO/c1-18-13-7-3-5-10(14(13)16)9-4-2-6-12(15)11(9)8-17/h2-7H,1H3. The minimum Gasteiger partial charge on any atom is -0.494 e. The van der Waals surface area contributed by atoms with Crippen LogP contribution in [-0.4, -0.2) is 7.11 Å². The Morgan fingerprint density at radius 1 is 1.06 bits per heavy atom. The first-order chi connectivity index (χ1) is 8.69. The van der Waals surface area contributed by atoms with Gasteiger partial charge in [-0.1, -0.05) is 24.3 Å². The third-order valence-electron chi connectivity index (χ3n) is 2.60. The van der Waals surface area contributed by atoms with Gasteiger partial charge in [0.1, 0.15) is 11.9 Å². The molecule has 0 spiro atoms. The van der Waals surface area contributed by atoms with Crippen LogP contribution in [0.3, 0.4) is 0 Å². The van der Waals surface area contributed by atoms with E-state index in [2.05, 4.69) is 0 Å². The van der Waals surface area contributed by atoms with Crippen LogP contribution >= 0.6 is 0 Å². The van der Waals surface area contributed by atoms with Crippen molar-refractivity contribution >= 4 is 0 Å². The molecule has 0 N–H and O–H groups in total. The maximum atomic E-state index is 14.0. The minimum atomic E-state index is -0.669. The van der Waals surface area contributed by atoms with Gasteiger partial charge in [-0.05, 0) is 12.1 Å². The molecule has 0 aliphatic heterocycles. The van der Waals surface area contributed by atoms with Gasteiger partial charge in [-0.3, -0.25) is 0 Å². The molecule has 18 heavy (non-hydrogen) atoms. The minimum absolute atomic E-state index is 0.0562. The molecule has 2 aromatic rings. The molecule has 0 atom stereocenters. The Hall–Kier alpha value is -2.41. The Morgan fingerprint density at radius 3 is 2.39 bits per heavy atom. The van der Waals surface area contributed by atoms with Crippen molar-refractivity contribution in [3.8, 4) is 22.9 Å². The number of methoxy groups -OCH3 is 1. The number of hydrogen-bond acceptors (Lipinski definition) is 2. The maximum Gasteiger partial charge on any atom is 0.172 e. The summed E-state index contributed by atoms with van der Waals surface area (Å²) in [5.74, 6) is -1.22. The fourth-order valence-electron chi connectivity index (χ4n) is 1.74. The van der Waals surface area contributed by atoms with Crippen LogP contribution in [0.2, 0.25) is 0 Å². The second-order valence-electron chi connectivity index (χ2n) is 3.60. The highest BCUT2D eigenvalue weighted by Crippen LogP contribution is 2.31. The first-order valence-corrected chi connectivity index (χ1v) is 5.20. The molecule has 0 saturated heterocycles. The predicted octanol–water partition coefficient (Wildman–Crippen LogP) is 3.51. The van der Waals surface area contributed by atoms with Gasteiger partial charge >= 0.3 is 0 Å². The highest BCUT2D eigenvalue weighted by molar-refractivity contribution is 5.72. The van der Waals surface area contributed by atoms with Crippen molar-refractivity contribution in [2.45, 2.75) is 0 Å². The van der Waals surface area contributed by atoms with Crippen molar-refractivity contribution in [3.05, 3.63) is 53.6 Å². The number of hydrogen-bond donors (Lipinski definition) is 0. The number of nitriles is 1. The molecule has 0 aromatic heterocycles. The molecular formula is C14H9F2NO. The summed E-state index contributed by atoms with van der Waals surface area (Å²) in [6.45, 7) is 0. The van der Waals surface area contributed by atoms with E-state index < -0.39 is 11.6 Å². The number of benzene rings is 2. The molecule has 0 unspecified atom stereocenters. The third-order valence-corrected chi connectivity index (χ3v) is 2.60. The lowest BCUT2D eigenvalue weighted by molar-refractivity contribution is 0.387. The van der Waals surface area contributed by atoms with Gasteiger partial charge in [0.05, 0.1) is 12.7 Å². The Labute approximate surface area is 103 Å². The molecule has 0 amide bonds. The molecule has 0 fully saturated rings. The highest BCUT2D eigenvalue weighted by atomic mass is 19.1. The van der Waals surface area contributed by atoms with E-state index in [9.17, 15) is 8.78 Å². The van der Waals surface area contributed by atoms with E-state index in [1.54, 1.807) is 12.1 Å². The smallest absolute Gasteiger partial charge is 0.172 e. The van der Waals surface area contributed by atoms with E-state index in [-0.39, 0.29) is 22.4 Å². The van der Waals surface area contributed by atoms with Crippen LogP contribution in [0.25, 0.3) is 11.1 Å². The number of nitrogens with zero attached hydrogens (tertiary/aromatic N) is 1. The van der Waals surface area contributed by atoms with Gasteiger partial charge in [0, 0.05) is 11.1 Å². The van der Waals surface area contributed by atoms with Crippen molar-refractivity contribution in [1.82, 2.24) is 0 Å². The molecule has 0 heterocycles. The van der Waals surface area contributed by atoms with Crippen LogP contribution in [0.5, 0.6) is 5.75 Å². The molecule has 90 valence electrons. The maximum absolute atomic E-state index is 14.0. The molecule has 2 aromatic carbocycles. The van der Waals surface area contributed by atoms with E-state index in [1.807, 2.05) is 0 Å². The number of ether oxygens (including phenoxy) is 1. The molecule has 0 aliphatic carbocycles. The van der Waals surface area contributed by atoms with Gasteiger partial charge in [0.2, 0.25) is 0 Å². The summed E-state index contributed by atoms with van der Waals surface area (Å²) in [6.07, 6.45) is 0. The quantitative estimate of drug-likeness (QED) is 0.811. The van der Waals surface area contributed by atoms with E-state index in [4.69, 9.17) is 10.00 Å². The van der Waals surface area contributed by atoms with Crippen LogP contribution < -0.4 is 4.74 Å². The Bertz CT molecular complexity index is 632. The topological polar surface area (TPSA) is 33.0 Å². The van der Waals surface area contributed by atoms with Crippen molar-refractivity contribution in [1.29, 1.82) is 5.26 Å². The molecular weight excluding hydrogens is 236 g/mol. The van der Waals surface area contributed by atoms with E-state index in [1.165, 1.54) is 37.4 Å². The molecule has 0 radical (unpaired) electrons. The van der Waals surface area contributed by atoms with Crippen LogP contribution in [0.15, 0.2) is 36.4 Å². The third kappa shape index (κ3) is 1.91. The van der Waals surface area contributed by atoms with Crippen molar-refractivity contribution in [3.63, 3.8) is 0 Å². The fourth-order valence-corrected chi connectivity index (χ4v) is 1.74. The first kappa shape index (κ1) is 12.1. The average Bonchev–Trinajstić information content (AvgIpc) is 2.39. The van der Waals surface area contributed by atoms with Crippen LogP contribution in [0, 0.1) is 23.0 Å². The summed E-state index contributed by atoms with van der Waals surface area (Å²) in [6, 6.07) is 10.4. The number of rotatable bonds is 2. The van der Waals surface area contributed by atoms with Crippen LogP contribution in [-0.2, 0) is 0 Å². The summed E-state index contributed by atoms with van der Waals surface area (Å²) >= 11 is 0. The summed E-state index contributed by atoms with van der Waals surface area (Å²) in [4.78, 5) is 0. The van der Waals surface area contributed by atoms with Crippen LogP contribution in [0.4, 0.5) is 8.78 Å². The van der Waals surface area contributed by atoms with Gasteiger partial charge in [0.15, 0.2) is 11.6 Å². The van der Waals surface area contributed by atoms with Crippen LogP contribution in [0.1, 0.15) is 5.56 Å². The number of halogens is 2. The highest BCUT2D eigenvalue weighted by Gasteiger charge is 2.15. The lowest BCUT2D eigenvalue weighted by atomic mass is 9.99. The summed E-state index contributed by atoms with van der Waals surface area (Å²) in [7, 11) is 1.35. The predicted molar refractivity (Wildman–Crippen MR) is 63.1 cm³/mol. The molecule has 0 bridgehead atoms. The van der Waals surface area contributed by atoms with E-state index in [0.717, 1.165) is 0 Å². The van der Waals surface area contributed by atoms with Crippen molar-refractivity contribution < 1.29 is 13.5 Å². The molecule has 2 nitrogen and oxygen atoms in total. The molecule has 2 rings (SSSR count). The van der Waals surface area contributed by atoms with Gasteiger partial charge < -0.3 is 4.74 Å². The zero-order valence-corrected chi connectivity index (χ0v) is 9.58. The normalized spacial score (nSPS) is 9.89. The summed E-state index contributed by atoms with van der Waals surface area (Å²) in [5, 5.41) is 8.93. The van der Waals surface area contributed by atoms with Crippen molar-refractivity contribution in [2.75, 3.05) is 7.11 Å². The van der Waals surface area contributed by atoms with Crippen molar-refractivity contribution in [2.24, 2.45) is 0 Å². The Kier molecular flexibility index (Phi) is 3.24.